The molecule has 0 saturated carbocycles. The van der Waals surface area contributed by atoms with Crippen LogP contribution in [0.15, 0.2) is 5.16 Å². The van der Waals surface area contributed by atoms with Gasteiger partial charge in [-0.2, -0.15) is 0 Å². The molecule has 1 rings (SSSR count). The molecule has 5 heteroatoms. The molecule has 16 heavy (non-hydrogen) atoms. The third-order valence-electron chi connectivity index (χ3n) is 3.19. The fourth-order valence-corrected chi connectivity index (χ4v) is 2.13. The minimum absolute atomic E-state index is 0.311. The Balaban J connectivity index is 2.51. The summed E-state index contributed by atoms with van der Waals surface area (Å²) in [6.07, 6.45) is 3.00. The minimum atomic E-state index is 0.311. The zero-order valence-corrected chi connectivity index (χ0v) is 10.2. The van der Waals surface area contributed by atoms with Crippen LogP contribution in [-0.4, -0.2) is 47.8 Å². The van der Waals surface area contributed by atoms with Gasteiger partial charge in [-0.25, -0.2) is 0 Å². The number of ether oxygens (including phenoxy) is 1. The maximum Gasteiger partial charge on any atom is 0.140 e. The highest BCUT2D eigenvalue weighted by Gasteiger charge is 2.25. The molecule has 5 nitrogen and oxygen atoms in total. The lowest BCUT2D eigenvalue weighted by Crippen LogP contribution is -2.48. The molecule has 1 saturated heterocycles. The molecule has 0 amide bonds. The van der Waals surface area contributed by atoms with Crippen LogP contribution in [0.1, 0.15) is 33.1 Å². The number of rotatable bonds is 5. The van der Waals surface area contributed by atoms with Crippen molar-refractivity contribution in [3.05, 3.63) is 0 Å². The van der Waals surface area contributed by atoms with Crippen molar-refractivity contribution in [3.63, 3.8) is 0 Å². The molecular weight excluding hydrogens is 206 g/mol. The largest absolute Gasteiger partial charge is 0.409 e. The van der Waals surface area contributed by atoms with Crippen LogP contribution in [0.3, 0.4) is 0 Å². The molecule has 2 atom stereocenters. The summed E-state index contributed by atoms with van der Waals surface area (Å²) in [5.41, 5.74) is 5.57. The fourth-order valence-electron chi connectivity index (χ4n) is 2.13. The lowest BCUT2D eigenvalue weighted by molar-refractivity contribution is -0.0439. The Kier molecular flexibility index (Phi) is 5.55. The minimum Gasteiger partial charge on any atom is -0.409 e. The van der Waals surface area contributed by atoms with Crippen molar-refractivity contribution in [1.82, 2.24) is 4.90 Å². The number of hydrogen-bond acceptors (Lipinski definition) is 4. The quantitative estimate of drug-likeness (QED) is 0.319. The summed E-state index contributed by atoms with van der Waals surface area (Å²) < 4.78 is 5.63. The summed E-state index contributed by atoms with van der Waals surface area (Å²) in [5, 5.41) is 11.6. The van der Waals surface area contributed by atoms with Gasteiger partial charge in [-0.3, -0.25) is 4.90 Å². The summed E-state index contributed by atoms with van der Waals surface area (Å²) in [7, 11) is 0. The van der Waals surface area contributed by atoms with E-state index in [2.05, 4.69) is 23.9 Å². The molecule has 0 aromatic carbocycles. The summed E-state index contributed by atoms with van der Waals surface area (Å²) >= 11 is 0. The maximum absolute atomic E-state index is 8.60. The van der Waals surface area contributed by atoms with E-state index in [9.17, 15) is 0 Å². The van der Waals surface area contributed by atoms with Gasteiger partial charge in [-0.1, -0.05) is 19.0 Å². The van der Waals surface area contributed by atoms with Crippen molar-refractivity contribution < 1.29 is 9.94 Å². The van der Waals surface area contributed by atoms with E-state index in [1.54, 1.807) is 0 Å². The van der Waals surface area contributed by atoms with E-state index in [1.165, 1.54) is 0 Å². The highest BCUT2D eigenvalue weighted by molar-refractivity contribution is 5.80. The molecule has 0 aromatic rings. The Morgan fingerprint density at radius 1 is 1.62 bits per heavy atom. The number of hydrogen-bond donors (Lipinski definition) is 2. The average Bonchev–Trinajstić information content (AvgIpc) is 2.35. The number of oxime groups is 1. The Morgan fingerprint density at radius 3 is 2.94 bits per heavy atom. The second-order valence-electron chi connectivity index (χ2n) is 4.25. The summed E-state index contributed by atoms with van der Waals surface area (Å²) in [6, 6.07) is 0.355. The normalized spacial score (nSPS) is 25.6. The molecule has 1 heterocycles. The van der Waals surface area contributed by atoms with E-state index in [4.69, 9.17) is 15.7 Å². The number of morpholine rings is 1. The Morgan fingerprint density at radius 2 is 2.38 bits per heavy atom. The highest BCUT2D eigenvalue weighted by atomic mass is 16.5. The molecule has 0 spiro atoms. The van der Waals surface area contributed by atoms with Crippen LogP contribution in [0.5, 0.6) is 0 Å². The molecule has 1 aliphatic heterocycles. The molecule has 3 N–H and O–H groups in total. The first-order chi connectivity index (χ1) is 7.71. The van der Waals surface area contributed by atoms with Crippen LogP contribution in [-0.2, 0) is 4.74 Å². The predicted molar refractivity (Wildman–Crippen MR) is 63.7 cm³/mol. The molecular formula is C11H23N3O2. The van der Waals surface area contributed by atoms with Crippen molar-refractivity contribution in [2.75, 3.05) is 19.7 Å². The van der Waals surface area contributed by atoms with Crippen LogP contribution in [0.25, 0.3) is 0 Å². The van der Waals surface area contributed by atoms with Crippen LogP contribution < -0.4 is 5.73 Å². The van der Waals surface area contributed by atoms with Gasteiger partial charge in [0.2, 0.25) is 0 Å². The number of amidine groups is 1. The van der Waals surface area contributed by atoms with Gasteiger partial charge in [0.25, 0.3) is 0 Å². The first kappa shape index (κ1) is 13.3. The van der Waals surface area contributed by atoms with E-state index in [0.717, 1.165) is 32.5 Å². The topological polar surface area (TPSA) is 71.1 Å². The van der Waals surface area contributed by atoms with Crippen molar-refractivity contribution in [1.29, 1.82) is 0 Å². The van der Waals surface area contributed by atoms with Gasteiger partial charge < -0.3 is 15.7 Å². The zero-order valence-electron chi connectivity index (χ0n) is 10.2. The SMILES string of the molecule is CCC1CN(C(CC)C/C(N)=N/O)CCO1. The molecule has 0 aliphatic carbocycles. The summed E-state index contributed by atoms with van der Waals surface area (Å²) in [5.74, 6) is 0.311. The van der Waals surface area contributed by atoms with Gasteiger partial charge in [-0.05, 0) is 12.8 Å². The third kappa shape index (κ3) is 3.64. The number of nitrogens with two attached hydrogens (primary N) is 1. The predicted octanol–water partition coefficient (Wildman–Crippen LogP) is 1.01. The van der Waals surface area contributed by atoms with Gasteiger partial charge in [0.15, 0.2) is 0 Å². The van der Waals surface area contributed by atoms with E-state index < -0.39 is 0 Å². The van der Waals surface area contributed by atoms with Crippen LogP contribution >= 0.6 is 0 Å². The van der Waals surface area contributed by atoms with E-state index in [0.29, 0.717) is 24.4 Å². The van der Waals surface area contributed by atoms with Crippen LogP contribution in [0.2, 0.25) is 0 Å². The molecule has 0 radical (unpaired) electrons. The van der Waals surface area contributed by atoms with Gasteiger partial charge in [-0.15, -0.1) is 0 Å². The maximum atomic E-state index is 8.60. The Bertz CT molecular complexity index is 233. The third-order valence-corrected chi connectivity index (χ3v) is 3.19. The molecule has 0 bridgehead atoms. The second kappa shape index (κ2) is 6.70. The lowest BCUT2D eigenvalue weighted by Gasteiger charge is -2.37. The van der Waals surface area contributed by atoms with Crippen molar-refractivity contribution in [2.24, 2.45) is 10.9 Å². The average molecular weight is 229 g/mol. The van der Waals surface area contributed by atoms with Gasteiger partial charge in [0.05, 0.1) is 12.7 Å². The molecule has 2 unspecified atom stereocenters. The van der Waals surface area contributed by atoms with Crippen molar-refractivity contribution >= 4 is 5.84 Å². The van der Waals surface area contributed by atoms with Crippen molar-refractivity contribution in [3.8, 4) is 0 Å². The van der Waals surface area contributed by atoms with E-state index in [1.807, 2.05) is 0 Å². The van der Waals surface area contributed by atoms with Gasteiger partial charge >= 0.3 is 0 Å². The molecule has 0 aromatic heterocycles. The molecule has 94 valence electrons. The number of nitrogens with zero attached hydrogens (tertiary/aromatic N) is 2. The van der Waals surface area contributed by atoms with Crippen LogP contribution in [0, 0.1) is 0 Å². The first-order valence-corrected chi connectivity index (χ1v) is 6.03. The smallest absolute Gasteiger partial charge is 0.140 e. The summed E-state index contributed by atoms with van der Waals surface area (Å²) in [4.78, 5) is 2.38. The zero-order chi connectivity index (χ0) is 12.0. The Hall–Kier alpha value is -0.810. The van der Waals surface area contributed by atoms with E-state index in [-0.39, 0.29) is 0 Å². The Labute approximate surface area is 97.2 Å². The lowest BCUT2D eigenvalue weighted by atomic mass is 10.1. The van der Waals surface area contributed by atoms with Crippen molar-refractivity contribution in [2.45, 2.75) is 45.3 Å². The molecule has 1 fully saturated rings. The second-order valence-corrected chi connectivity index (χ2v) is 4.25. The monoisotopic (exact) mass is 229 g/mol. The molecule has 1 aliphatic rings. The van der Waals surface area contributed by atoms with Gasteiger partial charge in [0, 0.05) is 25.6 Å². The van der Waals surface area contributed by atoms with Gasteiger partial charge in [0.1, 0.15) is 5.84 Å². The highest BCUT2D eigenvalue weighted by Crippen LogP contribution is 2.15. The van der Waals surface area contributed by atoms with E-state index >= 15 is 0 Å². The fraction of sp³-hybridized carbons (Fsp3) is 0.909. The van der Waals surface area contributed by atoms with Crippen LogP contribution in [0.4, 0.5) is 0 Å². The summed E-state index contributed by atoms with van der Waals surface area (Å²) in [6.45, 7) is 6.94. The first-order valence-electron chi connectivity index (χ1n) is 6.03. The standard InChI is InChI=1S/C11H23N3O2/c1-3-9(7-11(12)13-15)14-5-6-16-10(4-2)8-14/h9-10,15H,3-8H2,1-2H3,(H2,12,13).